The first-order chi connectivity index (χ1) is 16.0. The second-order valence-electron chi connectivity index (χ2n) is 6.69. The Balaban J connectivity index is 1.62. The lowest BCUT2D eigenvalue weighted by atomic mass is 10.1. The van der Waals surface area contributed by atoms with Gasteiger partial charge in [0.25, 0.3) is 0 Å². The first kappa shape index (κ1) is 24.5. The van der Waals surface area contributed by atoms with Gasteiger partial charge in [-0.3, -0.25) is 4.79 Å². The third kappa shape index (κ3) is 6.45. The highest BCUT2D eigenvalue weighted by Gasteiger charge is 2.21. The molecular formula is C22H24N2O8S. The Hall–Kier alpha value is -3.12. The van der Waals surface area contributed by atoms with Crippen molar-refractivity contribution in [2.45, 2.75) is 6.73 Å². The molecule has 0 aliphatic carbocycles. The molecular weight excluding hydrogens is 452 g/mol. The van der Waals surface area contributed by atoms with Crippen LogP contribution in [0.1, 0.15) is 25.9 Å². The van der Waals surface area contributed by atoms with E-state index in [1.807, 2.05) is 12.1 Å². The van der Waals surface area contributed by atoms with Crippen LogP contribution < -0.4 is 0 Å². The number of thiazole rings is 1. The molecule has 0 atom stereocenters. The number of ketones is 1. The Bertz CT molecular complexity index is 1110. The zero-order valence-corrected chi connectivity index (χ0v) is 19.1. The predicted molar refractivity (Wildman–Crippen MR) is 118 cm³/mol. The maximum Gasteiger partial charge on any atom is 0.357 e. The Morgan fingerprint density at radius 1 is 1.03 bits per heavy atom. The van der Waals surface area contributed by atoms with Gasteiger partial charge in [0.2, 0.25) is 5.78 Å². The summed E-state index contributed by atoms with van der Waals surface area (Å²) in [6.45, 7) is 1.24. The van der Waals surface area contributed by atoms with Gasteiger partial charge in [0.15, 0.2) is 17.4 Å². The van der Waals surface area contributed by atoms with E-state index in [4.69, 9.17) is 18.9 Å². The van der Waals surface area contributed by atoms with Crippen molar-refractivity contribution in [2.75, 3.05) is 47.3 Å². The molecule has 0 unspecified atom stereocenters. The van der Waals surface area contributed by atoms with Gasteiger partial charge < -0.3 is 28.3 Å². The summed E-state index contributed by atoms with van der Waals surface area (Å²) in [4.78, 5) is 40.8. The number of aromatic nitrogens is 2. The van der Waals surface area contributed by atoms with Gasteiger partial charge in [-0.1, -0.05) is 18.2 Å². The summed E-state index contributed by atoms with van der Waals surface area (Å²) in [5.74, 6) is -1.49. The van der Waals surface area contributed by atoms with Crippen LogP contribution in [-0.2, 0) is 35.2 Å². The summed E-state index contributed by atoms with van der Waals surface area (Å²) < 4.78 is 26.9. The summed E-state index contributed by atoms with van der Waals surface area (Å²) >= 11 is 1.06. The van der Waals surface area contributed by atoms with Crippen molar-refractivity contribution in [3.8, 4) is 0 Å². The number of carbonyl (C=O) groups is 3. The van der Waals surface area contributed by atoms with Crippen molar-refractivity contribution < 1.29 is 38.1 Å². The lowest BCUT2D eigenvalue weighted by Gasteiger charge is -2.08. The number of hydrogen-bond donors (Lipinski definition) is 0. The predicted octanol–water partition coefficient (Wildman–Crippen LogP) is 2.30. The van der Waals surface area contributed by atoms with Gasteiger partial charge in [0.05, 0.1) is 44.6 Å². The second-order valence-corrected chi connectivity index (χ2v) is 7.55. The fourth-order valence-corrected chi connectivity index (χ4v) is 3.67. The maximum absolute atomic E-state index is 13.0. The molecule has 0 spiro atoms. The highest BCUT2D eigenvalue weighted by atomic mass is 32.1. The Labute approximate surface area is 194 Å². The van der Waals surface area contributed by atoms with Crippen LogP contribution in [-0.4, -0.2) is 74.5 Å². The van der Waals surface area contributed by atoms with Gasteiger partial charge in [-0.05, 0) is 6.07 Å². The molecule has 0 bridgehead atoms. The smallest absolute Gasteiger partial charge is 0.357 e. The van der Waals surface area contributed by atoms with Crippen molar-refractivity contribution in [3.05, 3.63) is 52.1 Å². The molecule has 0 saturated heterocycles. The summed E-state index contributed by atoms with van der Waals surface area (Å²) in [6.07, 6.45) is 1.60. The normalized spacial score (nSPS) is 11.0. The maximum atomic E-state index is 13.0. The Kier molecular flexibility index (Phi) is 9.07. The fraction of sp³-hybridized carbons (Fsp3) is 0.364. The van der Waals surface area contributed by atoms with Gasteiger partial charge in [0.1, 0.15) is 6.61 Å². The molecule has 2 heterocycles. The van der Waals surface area contributed by atoms with E-state index in [-0.39, 0.29) is 36.4 Å². The van der Waals surface area contributed by atoms with E-state index in [1.54, 1.807) is 30.0 Å². The molecule has 0 saturated carbocycles. The third-order valence-corrected chi connectivity index (χ3v) is 5.36. The van der Waals surface area contributed by atoms with Gasteiger partial charge in [0, 0.05) is 24.1 Å². The molecule has 2 aromatic heterocycles. The summed E-state index contributed by atoms with van der Waals surface area (Å²) in [6, 6.07) is 7.23. The van der Waals surface area contributed by atoms with E-state index in [0.29, 0.717) is 36.3 Å². The third-order valence-electron chi connectivity index (χ3n) is 4.51. The summed E-state index contributed by atoms with van der Waals surface area (Å²) in [5.41, 5.74) is 1.18. The SMILES string of the molecule is COCCOCCOCC(=O)OCn1cc(C(=O)c2nc(C(=O)OC)cs2)c2ccccc21. The molecule has 3 rings (SSSR count). The molecule has 0 aliphatic rings. The first-order valence-corrected chi connectivity index (χ1v) is 10.9. The zero-order chi connectivity index (χ0) is 23.6. The zero-order valence-electron chi connectivity index (χ0n) is 18.3. The Morgan fingerprint density at radius 3 is 2.58 bits per heavy atom. The minimum Gasteiger partial charge on any atom is -0.464 e. The van der Waals surface area contributed by atoms with Crippen molar-refractivity contribution in [2.24, 2.45) is 0 Å². The minimum absolute atomic E-state index is 0.0765. The van der Waals surface area contributed by atoms with Crippen LogP contribution in [0.15, 0.2) is 35.8 Å². The number of hydrogen-bond acceptors (Lipinski definition) is 10. The number of fused-ring (bicyclic) bond motifs is 1. The van der Waals surface area contributed by atoms with Crippen LogP contribution in [0.3, 0.4) is 0 Å². The molecule has 0 N–H and O–H groups in total. The number of ether oxygens (including phenoxy) is 5. The average Bonchev–Trinajstić information content (AvgIpc) is 3.47. The molecule has 0 amide bonds. The van der Waals surface area contributed by atoms with E-state index in [0.717, 1.165) is 11.3 Å². The lowest BCUT2D eigenvalue weighted by molar-refractivity contribution is -0.153. The van der Waals surface area contributed by atoms with Crippen molar-refractivity contribution in [3.63, 3.8) is 0 Å². The highest BCUT2D eigenvalue weighted by molar-refractivity contribution is 7.12. The van der Waals surface area contributed by atoms with Crippen LogP contribution in [0.25, 0.3) is 10.9 Å². The quantitative estimate of drug-likeness (QED) is 0.208. The van der Waals surface area contributed by atoms with Crippen LogP contribution in [0.2, 0.25) is 0 Å². The number of benzene rings is 1. The molecule has 11 heteroatoms. The number of para-hydroxylation sites is 1. The summed E-state index contributed by atoms with van der Waals surface area (Å²) in [7, 11) is 2.84. The molecule has 0 fully saturated rings. The number of carbonyl (C=O) groups excluding carboxylic acids is 3. The molecule has 176 valence electrons. The minimum atomic E-state index is -0.608. The Morgan fingerprint density at radius 2 is 1.79 bits per heavy atom. The number of rotatable bonds is 13. The topological polar surface area (TPSA) is 115 Å². The standard InChI is InChI=1S/C22H24N2O8S/c1-28-7-8-30-9-10-31-12-19(25)32-14-24-11-16(15-5-3-4-6-18(15)24)20(26)21-23-17(13-33-21)22(27)29-2/h3-6,11,13H,7-10,12,14H2,1-2H3. The van der Waals surface area contributed by atoms with Crippen molar-refractivity contribution >= 4 is 40.0 Å². The van der Waals surface area contributed by atoms with Crippen molar-refractivity contribution in [1.82, 2.24) is 9.55 Å². The molecule has 1 aromatic carbocycles. The van der Waals surface area contributed by atoms with Crippen LogP contribution in [0, 0.1) is 0 Å². The second kappa shape index (κ2) is 12.2. The van der Waals surface area contributed by atoms with E-state index >= 15 is 0 Å². The van der Waals surface area contributed by atoms with E-state index in [9.17, 15) is 14.4 Å². The van der Waals surface area contributed by atoms with Crippen LogP contribution in [0.5, 0.6) is 0 Å². The molecule has 3 aromatic rings. The van der Waals surface area contributed by atoms with E-state index in [1.165, 1.54) is 12.5 Å². The number of nitrogens with zero attached hydrogens (tertiary/aromatic N) is 2. The van der Waals surface area contributed by atoms with E-state index in [2.05, 4.69) is 9.72 Å². The van der Waals surface area contributed by atoms with Gasteiger partial charge in [-0.2, -0.15) is 0 Å². The number of methoxy groups -OCH3 is 2. The van der Waals surface area contributed by atoms with Gasteiger partial charge >= 0.3 is 11.9 Å². The summed E-state index contributed by atoms with van der Waals surface area (Å²) in [5, 5.41) is 2.32. The fourth-order valence-electron chi connectivity index (χ4n) is 2.93. The monoisotopic (exact) mass is 476 g/mol. The molecule has 0 aliphatic heterocycles. The van der Waals surface area contributed by atoms with Crippen LogP contribution in [0.4, 0.5) is 0 Å². The molecule has 10 nitrogen and oxygen atoms in total. The molecule has 33 heavy (non-hydrogen) atoms. The van der Waals surface area contributed by atoms with Crippen molar-refractivity contribution in [1.29, 1.82) is 0 Å². The van der Waals surface area contributed by atoms with Gasteiger partial charge in [-0.25, -0.2) is 14.6 Å². The van der Waals surface area contributed by atoms with Gasteiger partial charge in [-0.15, -0.1) is 11.3 Å². The highest BCUT2D eigenvalue weighted by Crippen LogP contribution is 2.25. The first-order valence-electron chi connectivity index (χ1n) is 10.0. The van der Waals surface area contributed by atoms with E-state index < -0.39 is 11.9 Å². The molecule has 0 radical (unpaired) electrons. The number of esters is 2. The largest absolute Gasteiger partial charge is 0.464 e. The lowest BCUT2D eigenvalue weighted by Crippen LogP contribution is -2.17. The average molecular weight is 477 g/mol. The van der Waals surface area contributed by atoms with Crippen LogP contribution >= 0.6 is 11.3 Å².